The predicted octanol–water partition coefficient (Wildman–Crippen LogP) is 2.82. The van der Waals surface area contributed by atoms with Crippen LogP contribution in [-0.2, 0) is 30.2 Å². The summed E-state index contributed by atoms with van der Waals surface area (Å²) in [7, 11) is 0. The van der Waals surface area contributed by atoms with Gasteiger partial charge in [0.05, 0.1) is 6.04 Å². The maximum absolute atomic E-state index is 13.5. The highest BCUT2D eigenvalue weighted by Crippen LogP contribution is 2.20. The number of carbonyl (C=O) groups excluding carboxylic acids is 3. The Hall–Kier alpha value is -2.65. The zero-order chi connectivity index (χ0) is 26.0. The first kappa shape index (κ1) is 28.6. The van der Waals surface area contributed by atoms with Crippen LogP contribution in [0.4, 0.5) is 4.79 Å². The van der Waals surface area contributed by atoms with E-state index in [-0.39, 0.29) is 12.3 Å². The molecule has 4 N–H and O–H groups in total. The van der Waals surface area contributed by atoms with E-state index in [2.05, 4.69) is 10.6 Å². The van der Waals surface area contributed by atoms with Crippen molar-refractivity contribution in [3.05, 3.63) is 35.9 Å². The number of hydrogen-bond acceptors (Lipinski definition) is 6. The Morgan fingerprint density at radius 1 is 1.11 bits per heavy atom. The molecule has 0 radical (unpaired) electrons. The van der Waals surface area contributed by atoms with E-state index in [9.17, 15) is 14.4 Å². The van der Waals surface area contributed by atoms with Crippen molar-refractivity contribution in [3.8, 4) is 0 Å². The standard InChI is InChI=1S/C26H40N2O7/c1-17(2)15-20(24(30)31)27-23(29)22(34-21-13-9-10-14-33-21)19(16-18-11-7-6-8-12-18)28-25(32)35-26(3,4)5/h6-8,11-12,17,19-22H,9-10,13-16H2,1-5H3,(H,27,29)(H,28,32)(H,30,31)/p+1/t19-,20+,21?,22+/m1/s1. The number of amides is 2. The SMILES string of the molecule is CC(C)C[C@H](NC(=O)[C@@H](OC1CCCCO1)[C@@H](Cc1ccccc1)NC(=O)OC(C)(C)C)C(=O)[OH2+]. The molecule has 0 bridgehead atoms. The van der Waals surface area contributed by atoms with Gasteiger partial charge in [0, 0.05) is 11.4 Å². The molecule has 1 aliphatic rings. The van der Waals surface area contributed by atoms with E-state index in [1.54, 1.807) is 20.8 Å². The largest absolute Gasteiger partial charge is 0.563 e. The minimum absolute atomic E-state index is 0.0932. The van der Waals surface area contributed by atoms with Crippen molar-refractivity contribution in [2.24, 2.45) is 5.92 Å². The summed E-state index contributed by atoms with van der Waals surface area (Å²) in [5.74, 6) is -1.36. The van der Waals surface area contributed by atoms with E-state index in [1.165, 1.54) is 0 Å². The minimum Gasteiger partial charge on any atom is -0.563 e. The van der Waals surface area contributed by atoms with Gasteiger partial charge in [-0.05, 0) is 64.4 Å². The highest BCUT2D eigenvalue weighted by atomic mass is 16.7. The van der Waals surface area contributed by atoms with Crippen molar-refractivity contribution in [1.29, 1.82) is 0 Å². The Morgan fingerprint density at radius 2 is 1.80 bits per heavy atom. The Bertz CT molecular complexity index is 817. The van der Waals surface area contributed by atoms with Crippen molar-refractivity contribution < 1.29 is 33.7 Å². The van der Waals surface area contributed by atoms with Crippen LogP contribution in [0.5, 0.6) is 0 Å². The fourth-order valence-electron chi connectivity index (χ4n) is 3.84. The van der Waals surface area contributed by atoms with Crippen LogP contribution in [0.2, 0.25) is 0 Å². The molecule has 1 saturated heterocycles. The van der Waals surface area contributed by atoms with Gasteiger partial charge < -0.3 is 30.0 Å². The van der Waals surface area contributed by atoms with Crippen LogP contribution in [0.25, 0.3) is 0 Å². The summed E-state index contributed by atoms with van der Waals surface area (Å²) in [6, 6.07) is 7.63. The van der Waals surface area contributed by atoms with Crippen molar-refractivity contribution in [2.75, 3.05) is 6.61 Å². The maximum atomic E-state index is 13.5. The van der Waals surface area contributed by atoms with Gasteiger partial charge in [-0.3, -0.25) is 4.79 Å². The average molecular weight is 494 g/mol. The van der Waals surface area contributed by atoms with E-state index in [1.807, 2.05) is 44.2 Å². The monoisotopic (exact) mass is 493 g/mol. The molecule has 0 saturated carbocycles. The van der Waals surface area contributed by atoms with Gasteiger partial charge in [-0.25, -0.2) is 4.79 Å². The molecular formula is C26H41N2O7+. The fourth-order valence-corrected chi connectivity index (χ4v) is 3.84. The second kappa shape index (κ2) is 13.4. The molecule has 196 valence electrons. The van der Waals surface area contributed by atoms with Gasteiger partial charge in [0.1, 0.15) is 5.60 Å². The lowest BCUT2D eigenvalue weighted by Crippen LogP contribution is -2.57. The third kappa shape index (κ3) is 10.7. The van der Waals surface area contributed by atoms with E-state index >= 15 is 0 Å². The first-order chi connectivity index (χ1) is 16.4. The molecule has 9 nitrogen and oxygen atoms in total. The van der Waals surface area contributed by atoms with Gasteiger partial charge in [0.25, 0.3) is 5.91 Å². The van der Waals surface area contributed by atoms with Crippen molar-refractivity contribution in [2.45, 2.75) is 96.8 Å². The smallest absolute Gasteiger partial charge is 0.538 e. The zero-order valence-electron chi connectivity index (χ0n) is 21.5. The Morgan fingerprint density at radius 3 is 2.34 bits per heavy atom. The molecule has 1 heterocycles. The van der Waals surface area contributed by atoms with E-state index in [4.69, 9.17) is 19.3 Å². The number of hydrogen-bond donors (Lipinski definition) is 2. The van der Waals surface area contributed by atoms with Crippen LogP contribution < -0.4 is 10.6 Å². The number of rotatable bonds is 11. The van der Waals surface area contributed by atoms with Crippen LogP contribution in [0, 0.1) is 5.92 Å². The Balaban J connectivity index is 2.34. The summed E-state index contributed by atoms with van der Waals surface area (Å²) in [5, 5.41) is 13.1. The van der Waals surface area contributed by atoms with E-state index in [0.29, 0.717) is 19.4 Å². The first-order valence-corrected chi connectivity index (χ1v) is 12.3. The van der Waals surface area contributed by atoms with Crippen LogP contribution in [0.15, 0.2) is 30.3 Å². The lowest BCUT2D eigenvalue weighted by atomic mass is 9.99. The van der Waals surface area contributed by atoms with Crippen LogP contribution in [0.3, 0.4) is 0 Å². The number of alkyl carbamates (subject to hydrolysis) is 1. The predicted molar refractivity (Wildman–Crippen MR) is 132 cm³/mol. The molecule has 1 fully saturated rings. The Kier molecular flexibility index (Phi) is 11.0. The van der Waals surface area contributed by atoms with Gasteiger partial charge in [0.15, 0.2) is 18.4 Å². The number of nitrogens with one attached hydrogen (secondary N) is 2. The summed E-state index contributed by atoms with van der Waals surface area (Å²) in [4.78, 5) is 38.1. The quantitative estimate of drug-likeness (QED) is 0.457. The molecule has 1 aliphatic heterocycles. The zero-order valence-corrected chi connectivity index (χ0v) is 21.5. The molecule has 0 spiro atoms. The molecule has 1 aromatic carbocycles. The molecular weight excluding hydrogens is 452 g/mol. The summed E-state index contributed by atoms with van der Waals surface area (Å²) in [6.45, 7) is 9.61. The molecule has 35 heavy (non-hydrogen) atoms. The molecule has 2 rings (SSSR count). The van der Waals surface area contributed by atoms with Crippen molar-refractivity contribution in [3.63, 3.8) is 0 Å². The molecule has 0 aliphatic carbocycles. The maximum Gasteiger partial charge on any atom is 0.538 e. The fraction of sp³-hybridized carbons (Fsp3) is 0.654. The minimum atomic E-state index is -1.17. The van der Waals surface area contributed by atoms with Crippen molar-refractivity contribution in [1.82, 2.24) is 10.6 Å². The number of ether oxygens (including phenoxy) is 3. The van der Waals surface area contributed by atoms with Gasteiger partial charge in [-0.1, -0.05) is 44.2 Å². The van der Waals surface area contributed by atoms with Gasteiger partial charge in [-0.2, -0.15) is 0 Å². The third-order valence-electron chi connectivity index (χ3n) is 5.40. The number of benzene rings is 1. The molecule has 4 atom stereocenters. The number of carbonyl (C=O) groups is 3. The normalized spacial score (nSPS) is 18.9. The van der Waals surface area contributed by atoms with Crippen LogP contribution >= 0.6 is 0 Å². The van der Waals surface area contributed by atoms with Crippen molar-refractivity contribution >= 4 is 18.0 Å². The molecule has 2 amide bonds. The molecule has 1 aromatic rings. The highest BCUT2D eigenvalue weighted by molar-refractivity contribution is 5.87. The Labute approximate surface area is 207 Å². The van der Waals surface area contributed by atoms with Crippen LogP contribution in [-0.4, -0.2) is 59.8 Å². The molecule has 9 heteroatoms. The van der Waals surface area contributed by atoms with Gasteiger partial charge in [-0.15, -0.1) is 0 Å². The third-order valence-corrected chi connectivity index (χ3v) is 5.40. The van der Waals surface area contributed by atoms with Gasteiger partial charge in [0.2, 0.25) is 0 Å². The first-order valence-electron chi connectivity index (χ1n) is 12.3. The summed E-state index contributed by atoms with van der Waals surface area (Å²) >= 11 is 0. The summed E-state index contributed by atoms with van der Waals surface area (Å²) < 4.78 is 17.3. The molecule has 1 unspecified atom stereocenters. The average Bonchev–Trinajstić information content (AvgIpc) is 2.76. The topological polar surface area (TPSA) is 126 Å². The summed E-state index contributed by atoms with van der Waals surface area (Å²) in [6.07, 6.45) is 0.555. The van der Waals surface area contributed by atoms with Crippen LogP contribution in [0.1, 0.15) is 65.9 Å². The lowest BCUT2D eigenvalue weighted by molar-refractivity contribution is -0.197. The lowest BCUT2D eigenvalue weighted by Gasteiger charge is -2.33. The molecule has 0 aromatic heterocycles. The van der Waals surface area contributed by atoms with Gasteiger partial charge >= 0.3 is 12.1 Å². The van der Waals surface area contributed by atoms with E-state index in [0.717, 1.165) is 18.4 Å². The summed E-state index contributed by atoms with van der Waals surface area (Å²) in [5.41, 5.74) is 0.154. The highest BCUT2D eigenvalue weighted by Gasteiger charge is 2.38. The second-order valence-electron chi connectivity index (χ2n) is 10.4. The second-order valence-corrected chi connectivity index (χ2v) is 10.4. The van der Waals surface area contributed by atoms with E-state index < -0.39 is 48.0 Å².